The van der Waals surface area contributed by atoms with E-state index in [-0.39, 0.29) is 6.10 Å². The third-order valence-electron chi connectivity index (χ3n) is 2.05. The van der Waals surface area contributed by atoms with Gasteiger partial charge in [-0.3, -0.25) is 0 Å². The maximum absolute atomic E-state index is 5.26. The largest absolute Gasteiger partial charge is 0.392 e. The molecule has 0 aromatic carbocycles. The molecule has 2 rings (SSSR count). The highest BCUT2D eigenvalue weighted by Gasteiger charge is 2.21. The molecule has 4 heteroatoms. The molecule has 2 heterocycles. The van der Waals surface area contributed by atoms with Crippen LogP contribution in [0.15, 0.2) is 21.1 Å². The standard InChI is InChI=1S/C9H10BrNOS/c1-2-6-5-7(11-12-6)8-3-4-9(10)13-8/h3-4,6H,2,5H2,1H3. The average molecular weight is 260 g/mol. The lowest BCUT2D eigenvalue weighted by molar-refractivity contribution is 0.0829. The Morgan fingerprint density at radius 2 is 2.54 bits per heavy atom. The summed E-state index contributed by atoms with van der Waals surface area (Å²) in [6, 6.07) is 4.12. The van der Waals surface area contributed by atoms with Gasteiger partial charge in [-0.05, 0) is 34.5 Å². The number of rotatable bonds is 2. The minimum absolute atomic E-state index is 0.288. The fourth-order valence-corrected chi connectivity index (χ4v) is 2.64. The molecule has 0 spiro atoms. The molecule has 0 saturated carbocycles. The maximum atomic E-state index is 5.26. The quantitative estimate of drug-likeness (QED) is 0.798. The molecule has 0 bridgehead atoms. The van der Waals surface area contributed by atoms with E-state index >= 15 is 0 Å². The monoisotopic (exact) mass is 259 g/mol. The van der Waals surface area contributed by atoms with Crippen molar-refractivity contribution in [3.05, 3.63) is 20.8 Å². The van der Waals surface area contributed by atoms with Crippen LogP contribution < -0.4 is 0 Å². The van der Waals surface area contributed by atoms with Crippen LogP contribution in [0, 0.1) is 0 Å². The minimum Gasteiger partial charge on any atom is -0.392 e. The molecule has 70 valence electrons. The second-order valence-electron chi connectivity index (χ2n) is 2.98. The Kier molecular flexibility index (Phi) is 2.69. The molecular weight excluding hydrogens is 250 g/mol. The van der Waals surface area contributed by atoms with Gasteiger partial charge >= 0.3 is 0 Å². The maximum Gasteiger partial charge on any atom is 0.133 e. The highest BCUT2D eigenvalue weighted by Crippen LogP contribution is 2.27. The normalized spacial score (nSPS) is 21.4. The fraction of sp³-hybridized carbons (Fsp3) is 0.444. The van der Waals surface area contributed by atoms with Crippen LogP contribution in [0.4, 0.5) is 0 Å². The summed E-state index contributed by atoms with van der Waals surface area (Å²) in [4.78, 5) is 6.47. The van der Waals surface area contributed by atoms with E-state index in [0.717, 1.165) is 22.3 Å². The van der Waals surface area contributed by atoms with Crippen LogP contribution in [0.25, 0.3) is 0 Å². The molecule has 0 radical (unpaired) electrons. The zero-order valence-corrected chi connectivity index (χ0v) is 9.69. The molecule has 1 aromatic heterocycles. The van der Waals surface area contributed by atoms with Crippen molar-refractivity contribution < 1.29 is 4.84 Å². The SMILES string of the molecule is CCC1CC(c2ccc(Br)s2)=NO1. The van der Waals surface area contributed by atoms with Crippen LogP contribution in [-0.2, 0) is 4.84 Å². The Morgan fingerprint density at radius 1 is 1.69 bits per heavy atom. The number of hydrogen-bond donors (Lipinski definition) is 0. The first-order chi connectivity index (χ1) is 6.29. The number of hydrogen-bond acceptors (Lipinski definition) is 3. The summed E-state index contributed by atoms with van der Waals surface area (Å²) in [5.41, 5.74) is 1.09. The number of oxime groups is 1. The lowest BCUT2D eigenvalue weighted by Gasteiger charge is -2.00. The number of thiophene rings is 1. The van der Waals surface area contributed by atoms with Gasteiger partial charge in [0.2, 0.25) is 0 Å². The van der Waals surface area contributed by atoms with E-state index in [2.05, 4.69) is 34.1 Å². The van der Waals surface area contributed by atoms with Gasteiger partial charge in [0, 0.05) is 6.42 Å². The highest BCUT2D eigenvalue weighted by molar-refractivity contribution is 9.11. The summed E-state index contributed by atoms with van der Waals surface area (Å²) >= 11 is 5.14. The molecule has 0 saturated heterocycles. The van der Waals surface area contributed by atoms with Crippen molar-refractivity contribution in [3.8, 4) is 0 Å². The molecule has 1 atom stereocenters. The van der Waals surface area contributed by atoms with E-state index < -0.39 is 0 Å². The van der Waals surface area contributed by atoms with Crippen LogP contribution in [0.1, 0.15) is 24.6 Å². The lowest BCUT2D eigenvalue weighted by atomic mass is 10.1. The molecule has 1 aliphatic heterocycles. The van der Waals surface area contributed by atoms with E-state index in [4.69, 9.17) is 4.84 Å². The Balaban J connectivity index is 2.12. The van der Waals surface area contributed by atoms with E-state index in [0.29, 0.717) is 0 Å². The molecule has 1 aliphatic rings. The van der Waals surface area contributed by atoms with Gasteiger partial charge in [-0.15, -0.1) is 11.3 Å². The van der Waals surface area contributed by atoms with Gasteiger partial charge in [0.15, 0.2) is 0 Å². The topological polar surface area (TPSA) is 21.6 Å². The fourth-order valence-electron chi connectivity index (χ4n) is 1.26. The minimum atomic E-state index is 0.288. The van der Waals surface area contributed by atoms with E-state index in [1.807, 2.05) is 6.07 Å². The van der Waals surface area contributed by atoms with Crippen molar-refractivity contribution in [2.24, 2.45) is 5.16 Å². The molecule has 0 fully saturated rings. The summed E-state index contributed by atoms with van der Waals surface area (Å²) in [6.45, 7) is 2.12. The van der Waals surface area contributed by atoms with Gasteiger partial charge in [-0.25, -0.2) is 0 Å². The van der Waals surface area contributed by atoms with Crippen LogP contribution >= 0.6 is 27.3 Å². The molecule has 13 heavy (non-hydrogen) atoms. The van der Waals surface area contributed by atoms with E-state index in [1.54, 1.807) is 11.3 Å². The molecule has 0 aliphatic carbocycles. The molecule has 1 aromatic rings. The molecule has 0 N–H and O–H groups in total. The third-order valence-corrected chi connectivity index (χ3v) is 3.72. The van der Waals surface area contributed by atoms with Crippen LogP contribution in [-0.4, -0.2) is 11.8 Å². The van der Waals surface area contributed by atoms with Crippen LogP contribution in [0.3, 0.4) is 0 Å². The lowest BCUT2D eigenvalue weighted by Crippen LogP contribution is -2.05. The summed E-state index contributed by atoms with van der Waals surface area (Å²) in [5.74, 6) is 0. The van der Waals surface area contributed by atoms with Crippen molar-refractivity contribution in [2.45, 2.75) is 25.9 Å². The van der Waals surface area contributed by atoms with E-state index in [9.17, 15) is 0 Å². The van der Waals surface area contributed by atoms with Crippen LogP contribution in [0.5, 0.6) is 0 Å². The van der Waals surface area contributed by atoms with E-state index in [1.165, 1.54) is 4.88 Å². The van der Waals surface area contributed by atoms with Gasteiger partial charge in [-0.2, -0.15) is 0 Å². The predicted octanol–water partition coefficient (Wildman–Crippen LogP) is 3.41. The first-order valence-corrected chi connectivity index (χ1v) is 5.89. The molecule has 1 unspecified atom stereocenters. The second-order valence-corrected chi connectivity index (χ2v) is 5.44. The molecular formula is C9H10BrNOS. The zero-order chi connectivity index (χ0) is 9.26. The molecule has 2 nitrogen and oxygen atoms in total. The zero-order valence-electron chi connectivity index (χ0n) is 7.29. The van der Waals surface area contributed by atoms with Gasteiger partial charge in [-0.1, -0.05) is 12.1 Å². The Bertz CT molecular complexity index is 334. The number of halogens is 1. The van der Waals surface area contributed by atoms with Gasteiger partial charge in [0.25, 0.3) is 0 Å². The Hall–Kier alpha value is -0.350. The summed E-state index contributed by atoms with van der Waals surface area (Å²) in [5, 5.41) is 4.08. The second kappa shape index (κ2) is 3.80. The van der Waals surface area contributed by atoms with Crippen molar-refractivity contribution in [2.75, 3.05) is 0 Å². The Morgan fingerprint density at radius 3 is 3.08 bits per heavy atom. The first-order valence-electron chi connectivity index (χ1n) is 4.28. The van der Waals surface area contributed by atoms with Crippen molar-refractivity contribution in [1.82, 2.24) is 0 Å². The summed E-state index contributed by atoms with van der Waals surface area (Å²) in [6.07, 6.45) is 2.26. The average Bonchev–Trinajstić information content (AvgIpc) is 2.71. The predicted molar refractivity (Wildman–Crippen MR) is 58.3 cm³/mol. The third kappa shape index (κ3) is 1.94. The molecule has 0 amide bonds. The first kappa shape index (κ1) is 9.21. The Labute approximate surface area is 89.7 Å². The highest BCUT2D eigenvalue weighted by atomic mass is 79.9. The van der Waals surface area contributed by atoms with Gasteiger partial charge in [0.05, 0.1) is 8.66 Å². The van der Waals surface area contributed by atoms with Gasteiger partial charge < -0.3 is 4.84 Å². The summed E-state index contributed by atoms with van der Waals surface area (Å²) in [7, 11) is 0. The van der Waals surface area contributed by atoms with Gasteiger partial charge in [0.1, 0.15) is 11.8 Å². The van der Waals surface area contributed by atoms with Crippen LogP contribution in [0.2, 0.25) is 0 Å². The van der Waals surface area contributed by atoms with Crippen molar-refractivity contribution >= 4 is 33.0 Å². The van der Waals surface area contributed by atoms with Crippen molar-refractivity contribution in [1.29, 1.82) is 0 Å². The smallest absolute Gasteiger partial charge is 0.133 e. The summed E-state index contributed by atoms with van der Waals surface area (Å²) < 4.78 is 1.14. The number of nitrogens with zero attached hydrogens (tertiary/aromatic N) is 1. The van der Waals surface area contributed by atoms with Crippen molar-refractivity contribution in [3.63, 3.8) is 0 Å².